The smallest absolute Gasteiger partial charge is 0.258 e. The molecule has 1 aromatic heterocycles. The number of allylic oxidation sites excluding steroid dienone is 1. The van der Waals surface area contributed by atoms with E-state index in [0.29, 0.717) is 42.5 Å². The van der Waals surface area contributed by atoms with E-state index in [4.69, 9.17) is 25.8 Å². The predicted octanol–water partition coefficient (Wildman–Crippen LogP) is 4.18. The molecule has 10 heteroatoms. The van der Waals surface area contributed by atoms with Gasteiger partial charge in [0.05, 0.1) is 12.2 Å². The Balaban J connectivity index is 1.40. The molecule has 0 spiro atoms. The van der Waals surface area contributed by atoms with Crippen LogP contribution in [-0.2, 0) is 22.6 Å². The van der Waals surface area contributed by atoms with Crippen molar-refractivity contribution in [2.45, 2.75) is 51.6 Å². The number of amides is 2. The SMILES string of the molecule is CC(=O)N1CCc2nc(-c3cccc(OCC(=O)NC4CCCC4)c3)nc(Nc3ccc(/C(C=N)=C/N)cc3)c2C1. The first-order valence-electron chi connectivity index (χ1n) is 13.9. The van der Waals surface area contributed by atoms with E-state index in [2.05, 4.69) is 10.6 Å². The summed E-state index contributed by atoms with van der Waals surface area (Å²) in [6.45, 7) is 2.52. The monoisotopic (exact) mass is 553 g/mol. The van der Waals surface area contributed by atoms with Gasteiger partial charge in [0.15, 0.2) is 12.4 Å². The molecule has 0 saturated heterocycles. The first-order valence-corrected chi connectivity index (χ1v) is 13.9. The van der Waals surface area contributed by atoms with Gasteiger partial charge in [-0.1, -0.05) is 37.1 Å². The number of benzene rings is 2. The number of carbonyl (C=O) groups excluding carboxylic acids is 2. The Hall–Kier alpha value is -4.73. The van der Waals surface area contributed by atoms with Gasteiger partial charge in [-0.3, -0.25) is 9.59 Å². The largest absolute Gasteiger partial charge is 0.484 e. The molecule has 5 rings (SSSR count). The zero-order chi connectivity index (χ0) is 28.8. The lowest BCUT2D eigenvalue weighted by Gasteiger charge is -2.29. The molecule has 3 aromatic rings. The Morgan fingerprint density at radius 1 is 1.15 bits per heavy atom. The zero-order valence-corrected chi connectivity index (χ0v) is 23.2. The quantitative estimate of drug-likeness (QED) is 0.291. The molecule has 2 amide bonds. The molecule has 2 heterocycles. The second-order valence-electron chi connectivity index (χ2n) is 10.3. The van der Waals surface area contributed by atoms with Crippen LogP contribution >= 0.6 is 0 Å². The number of nitrogens with zero attached hydrogens (tertiary/aromatic N) is 3. The van der Waals surface area contributed by atoms with Gasteiger partial charge in [-0.05, 0) is 42.7 Å². The van der Waals surface area contributed by atoms with E-state index >= 15 is 0 Å². The van der Waals surface area contributed by atoms with Crippen molar-refractivity contribution >= 4 is 35.1 Å². The van der Waals surface area contributed by atoms with Crippen LogP contribution in [0.15, 0.2) is 54.7 Å². The van der Waals surface area contributed by atoms with Crippen LogP contribution < -0.4 is 21.1 Å². The summed E-state index contributed by atoms with van der Waals surface area (Å²) < 4.78 is 5.81. The Kier molecular flexibility index (Phi) is 8.57. The average molecular weight is 554 g/mol. The number of anilines is 2. The van der Waals surface area contributed by atoms with Crippen molar-refractivity contribution in [3.63, 3.8) is 0 Å². The van der Waals surface area contributed by atoms with Crippen LogP contribution in [0.1, 0.15) is 49.4 Å². The van der Waals surface area contributed by atoms with Crippen molar-refractivity contribution < 1.29 is 14.3 Å². The van der Waals surface area contributed by atoms with Gasteiger partial charge in [-0.25, -0.2) is 9.97 Å². The van der Waals surface area contributed by atoms with E-state index in [0.717, 1.165) is 53.8 Å². The van der Waals surface area contributed by atoms with Crippen molar-refractivity contribution in [1.29, 1.82) is 5.41 Å². The molecule has 212 valence electrons. The zero-order valence-electron chi connectivity index (χ0n) is 23.2. The van der Waals surface area contributed by atoms with Crippen LogP contribution in [0.2, 0.25) is 0 Å². The fourth-order valence-corrected chi connectivity index (χ4v) is 5.24. The van der Waals surface area contributed by atoms with Crippen molar-refractivity contribution in [1.82, 2.24) is 20.2 Å². The fourth-order valence-electron chi connectivity index (χ4n) is 5.24. The standard InChI is InChI=1S/C31H35N7O3/c1-20(39)38-14-13-28-27(18-38)31(35-25-11-9-21(10-12-25)23(16-32)17-33)37-30(36-28)22-5-4-8-26(15-22)41-19-29(40)34-24-6-2-3-7-24/h4-5,8-12,15-17,24,32H,2-3,6-7,13-14,18-19,33H2,1H3,(H,34,40)(H,35,36,37)/b23-17+,32-16?. The third kappa shape index (κ3) is 6.71. The van der Waals surface area contributed by atoms with Gasteiger partial charge < -0.3 is 31.4 Å². The topological polar surface area (TPSA) is 146 Å². The van der Waals surface area contributed by atoms with E-state index in [1.807, 2.05) is 48.5 Å². The highest BCUT2D eigenvalue weighted by Gasteiger charge is 2.25. The summed E-state index contributed by atoms with van der Waals surface area (Å²) in [6, 6.07) is 15.2. The highest BCUT2D eigenvalue weighted by molar-refractivity contribution is 6.08. The van der Waals surface area contributed by atoms with Gasteiger partial charge in [0.2, 0.25) is 5.91 Å². The highest BCUT2D eigenvalue weighted by Crippen LogP contribution is 2.31. The number of rotatable bonds is 9. The molecule has 0 radical (unpaired) electrons. The van der Waals surface area contributed by atoms with E-state index in [1.165, 1.54) is 12.4 Å². The molecule has 0 bridgehead atoms. The number of ether oxygens (including phenoxy) is 1. The minimum atomic E-state index is -0.116. The summed E-state index contributed by atoms with van der Waals surface area (Å²) in [7, 11) is 0. The molecule has 1 aliphatic carbocycles. The van der Waals surface area contributed by atoms with E-state index in [9.17, 15) is 9.59 Å². The minimum absolute atomic E-state index is 0.00425. The maximum atomic E-state index is 12.4. The summed E-state index contributed by atoms with van der Waals surface area (Å²) in [5.74, 6) is 1.59. The van der Waals surface area contributed by atoms with Crippen molar-refractivity contribution in [3.8, 4) is 17.1 Å². The van der Waals surface area contributed by atoms with Gasteiger partial charge in [0.25, 0.3) is 5.91 Å². The molecule has 1 aliphatic heterocycles. The normalized spacial score (nSPS) is 15.2. The highest BCUT2D eigenvalue weighted by atomic mass is 16.5. The van der Waals surface area contributed by atoms with Crippen molar-refractivity contribution in [3.05, 3.63) is 71.6 Å². The van der Waals surface area contributed by atoms with E-state index in [-0.39, 0.29) is 24.5 Å². The Morgan fingerprint density at radius 3 is 2.63 bits per heavy atom. The molecule has 1 saturated carbocycles. The van der Waals surface area contributed by atoms with Crippen LogP contribution in [0.4, 0.5) is 11.5 Å². The van der Waals surface area contributed by atoms with Crippen LogP contribution in [-0.4, -0.2) is 52.1 Å². The first-order chi connectivity index (χ1) is 19.9. The number of nitrogens with two attached hydrogens (primary N) is 1. The van der Waals surface area contributed by atoms with Gasteiger partial charge in [-0.2, -0.15) is 0 Å². The third-order valence-corrected chi connectivity index (χ3v) is 7.50. The van der Waals surface area contributed by atoms with Gasteiger partial charge in [0.1, 0.15) is 11.6 Å². The Bertz CT molecular complexity index is 1460. The van der Waals surface area contributed by atoms with Crippen LogP contribution in [0, 0.1) is 5.41 Å². The van der Waals surface area contributed by atoms with E-state index in [1.54, 1.807) is 11.8 Å². The molecule has 2 aromatic carbocycles. The number of hydrogen-bond acceptors (Lipinski definition) is 8. The number of fused-ring (bicyclic) bond motifs is 1. The number of nitrogens with one attached hydrogen (secondary N) is 3. The molecular formula is C31H35N7O3. The molecule has 0 atom stereocenters. The minimum Gasteiger partial charge on any atom is -0.484 e. The lowest BCUT2D eigenvalue weighted by atomic mass is 10.0. The second-order valence-corrected chi connectivity index (χ2v) is 10.3. The van der Waals surface area contributed by atoms with Crippen molar-refractivity contribution in [2.24, 2.45) is 5.73 Å². The molecule has 10 nitrogen and oxygen atoms in total. The summed E-state index contributed by atoms with van der Waals surface area (Å²) in [6.07, 6.45) is 7.58. The Labute approximate surface area is 239 Å². The summed E-state index contributed by atoms with van der Waals surface area (Å²) in [5, 5.41) is 14.0. The summed E-state index contributed by atoms with van der Waals surface area (Å²) in [5.41, 5.74) is 10.4. The van der Waals surface area contributed by atoms with Gasteiger partial charge in [-0.15, -0.1) is 0 Å². The van der Waals surface area contributed by atoms with Crippen LogP contribution in [0.3, 0.4) is 0 Å². The lowest BCUT2D eigenvalue weighted by Crippen LogP contribution is -2.36. The summed E-state index contributed by atoms with van der Waals surface area (Å²) in [4.78, 5) is 36.0. The summed E-state index contributed by atoms with van der Waals surface area (Å²) >= 11 is 0. The Morgan fingerprint density at radius 2 is 1.93 bits per heavy atom. The molecular weight excluding hydrogens is 518 g/mol. The molecule has 1 fully saturated rings. The number of carbonyl (C=O) groups is 2. The average Bonchev–Trinajstić information content (AvgIpc) is 3.50. The maximum Gasteiger partial charge on any atom is 0.258 e. The van der Waals surface area contributed by atoms with Crippen molar-refractivity contribution in [2.75, 3.05) is 18.5 Å². The molecule has 2 aliphatic rings. The predicted molar refractivity (Wildman–Crippen MR) is 159 cm³/mol. The first kappa shape index (κ1) is 27.8. The lowest BCUT2D eigenvalue weighted by molar-refractivity contribution is -0.129. The molecule has 0 unspecified atom stereocenters. The van der Waals surface area contributed by atoms with E-state index < -0.39 is 0 Å². The van der Waals surface area contributed by atoms with Gasteiger partial charge >= 0.3 is 0 Å². The maximum absolute atomic E-state index is 12.4. The molecule has 41 heavy (non-hydrogen) atoms. The van der Waals surface area contributed by atoms with Gasteiger partial charge in [0, 0.05) is 60.7 Å². The number of hydrogen-bond donors (Lipinski definition) is 4. The number of aromatic nitrogens is 2. The second kappa shape index (κ2) is 12.6. The molecule has 5 N–H and O–H groups in total. The third-order valence-electron chi connectivity index (χ3n) is 7.50. The fraction of sp³-hybridized carbons (Fsp3) is 0.323. The van der Waals surface area contributed by atoms with Crippen LogP contribution in [0.25, 0.3) is 17.0 Å². The van der Waals surface area contributed by atoms with Crippen LogP contribution in [0.5, 0.6) is 5.75 Å².